The summed E-state index contributed by atoms with van der Waals surface area (Å²) < 4.78 is 0. The van der Waals surface area contributed by atoms with Crippen molar-refractivity contribution in [3.63, 3.8) is 0 Å². The number of pyridine rings is 1. The fourth-order valence-corrected chi connectivity index (χ4v) is 3.50. The van der Waals surface area contributed by atoms with Gasteiger partial charge in [0.25, 0.3) is 0 Å². The van der Waals surface area contributed by atoms with Crippen molar-refractivity contribution < 1.29 is 9.59 Å². The summed E-state index contributed by atoms with van der Waals surface area (Å²) in [6.07, 6.45) is 9.29. The van der Waals surface area contributed by atoms with Crippen LogP contribution in [0.3, 0.4) is 0 Å². The van der Waals surface area contributed by atoms with Gasteiger partial charge >= 0.3 is 0 Å². The third-order valence-electron chi connectivity index (χ3n) is 4.76. The molecule has 5 heteroatoms. The Hall–Kier alpha value is -1.91. The quantitative estimate of drug-likeness (QED) is 0.897. The third kappa shape index (κ3) is 3.46. The van der Waals surface area contributed by atoms with E-state index in [9.17, 15) is 9.59 Å². The van der Waals surface area contributed by atoms with Gasteiger partial charge in [-0.05, 0) is 37.0 Å². The molecule has 2 amide bonds. The first-order valence-corrected chi connectivity index (χ1v) is 8.20. The van der Waals surface area contributed by atoms with Crippen molar-refractivity contribution in [1.82, 2.24) is 15.2 Å². The first-order valence-electron chi connectivity index (χ1n) is 8.20. The Labute approximate surface area is 131 Å². The van der Waals surface area contributed by atoms with E-state index >= 15 is 0 Å². The van der Waals surface area contributed by atoms with Crippen LogP contribution in [0, 0.1) is 5.92 Å². The van der Waals surface area contributed by atoms with Gasteiger partial charge in [-0.2, -0.15) is 0 Å². The lowest BCUT2D eigenvalue weighted by Crippen LogP contribution is -2.37. The van der Waals surface area contributed by atoms with Gasteiger partial charge in [-0.15, -0.1) is 0 Å². The molecular formula is C17H23N3O2. The van der Waals surface area contributed by atoms with Crippen molar-refractivity contribution in [3.8, 4) is 0 Å². The van der Waals surface area contributed by atoms with Gasteiger partial charge in [-0.1, -0.05) is 12.8 Å². The van der Waals surface area contributed by atoms with Crippen LogP contribution in [-0.2, 0) is 16.0 Å². The normalized spacial score (nSPS) is 22.3. The number of nitrogens with one attached hydrogen (secondary N) is 1. The second-order valence-electron chi connectivity index (χ2n) is 6.28. The van der Waals surface area contributed by atoms with Gasteiger partial charge in [-0.3, -0.25) is 14.6 Å². The van der Waals surface area contributed by atoms with E-state index in [0.717, 1.165) is 24.8 Å². The predicted octanol–water partition coefficient (Wildman–Crippen LogP) is 1.53. The van der Waals surface area contributed by atoms with Crippen LogP contribution in [0.25, 0.3) is 0 Å². The molecule has 1 aliphatic carbocycles. The summed E-state index contributed by atoms with van der Waals surface area (Å²) in [5.41, 5.74) is 1.16. The van der Waals surface area contributed by atoms with E-state index in [1.54, 1.807) is 12.4 Å². The predicted molar refractivity (Wildman–Crippen MR) is 83.0 cm³/mol. The number of amides is 2. The maximum Gasteiger partial charge on any atom is 0.225 e. The number of carbonyl (C=O) groups is 2. The molecule has 1 unspecified atom stereocenters. The first-order chi connectivity index (χ1) is 10.7. The second kappa shape index (κ2) is 6.90. The summed E-state index contributed by atoms with van der Waals surface area (Å²) >= 11 is 0. The summed E-state index contributed by atoms with van der Waals surface area (Å²) in [5, 5.41) is 2.97. The zero-order valence-corrected chi connectivity index (χ0v) is 12.8. The second-order valence-corrected chi connectivity index (χ2v) is 6.28. The molecule has 0 spiro atoms. The van der Waals surface area contributed by atoms with Crippen LogP contribution in [0.5, 0.6) is 0 Å². The molecule has 0 bridgehead atoms. The molecule has 2 fully saturated rings. The number of carbonyl (C=O) groups excluding carboxylic acids is 2. The highest BCUT2D eigenvalue weighted by Gasteiger charge is 2.38. The molecule has 3 rings (SSSR count). The monoisotopic (exact) mass is 301 g/mol. The highest BCUT2D eigenvalue weighted by atomic mass is 16.2. The lowest BCUT2D eigenvalue weighted by Gasteiger charge is -2.23. The molecule has 1 aliphatic heterocycles. The molecule has 22 heavy (non-hydrogen) atoms. The fraction of sp³-hybridized carbons (Fsp3) is 0.588. The van der Waals surface area contributed by atoms with E-state index in [1.807, 2.05) is 17.0 Å². The largest absolute Gasteiger partial charge is 0.355 e. The smallest absolute Gasteiger partial charge is 0.225 e. The summed E-state index contributed by atoms with van der Waals surface area (Å²) in [5.74, 6) is -0.00498. The number of nitrogens with zero attached hydrogens (tertiary/aromatic N) is 2. The lowest BCUT2D eigenvalue weighted by molar-refractivity contribution is -0.130. The first kappa shape index (κ1) is 15.0. The van der Waals surface area contributed by atoms with Crippen molar-refractivity contribution >= 4 is 11.8 Å². The molecule has 0 aromatic carbocycles. The number of aromatic nitrogens is 1. The summed E-state index contributed by atoms with van der Waals surface area (Å²) in [4.78, 5) is 30.3. The van der Waals surface area contributed by atoms with Crippen LogP contribution in [0.4, 0.5) is 0 Å². The Morgan fingerprint density at radius 2 is 2.00 bits per heavy atom. The van der Waals surface area contributed by atoms with E-state index in [1.165, 1.54) is 12.8 Å². The molecule has 1 saturated heterocycles. The van der Waals surface area contributed by atoms with Gasteiger partial charge in [0.2, 0.25) is 11.8 Å². The number of hydrogen-bond donors (Lipinski definition) is 1. The van der Waals surface area contributed by atoms with E-state index < -0.39 is 0 Å². The summed E-state index contributed by atoms with van der Waals surface area (Å²) in [6.45, 7) is 1.21. The minimum Gasteiger partial charge on any atom is -0.355 e. The number of rotatable bonds is 5. The van der Waals surface area contributed by atoms with Gasteiger partial charge < -0.3 is 10.2 Å². The minimum absolute atomic E-state index is 0.0166. The SMILES string of the molecule is O=C(NCCc1ccncc1)C1CC(=O)N(C2CCCC2)C1. The maximum absolute atomic E-state index is 12.2. The maximum atomic E-state index is 12.2. The zero-order valence-electron chi connectivity index (χ0n) is 12.8. The molecule has 118 valence electrons. The molecule has 0 radical (unpaired) electrons. The molecule has 1 atom stereocenters. The van der Waals surface area contributed by atoms with Crippen LogP contribution in [-0.4, -0.2) is 40.8 Å². The molecule has 5 nitrogen and oxygen atoms in total. The highest BCUT2D eigenvalue weighted by molar-refractivity contribution is 5.89. The molecule has 2 aliphatic rings. The Bertz CT molecular complexity index is 526. The zero-order chi connectivity index (χ0) is 15.4. The standard InChI is InChI=1S/C17H23N3O2/c21-16-11-14(12-20(16)15-3-1-2-4-15)17(22)19-10-7-13-5-8-18-9-6-13/h5-6,8-9,14-15H,1-4,7,10-12H2,(H,19,22). The van der Waals surface area contributed by atoms with Crippen molar-refractivity contribution in [3.05, 3.63) is 30.1 Å². The van der Waals surface area contributed by atoms with E-state index in [4.69, 9.17) is 0 Å². The van der Waals surface area contributed by atoms with Crippen LogP contribution in [0.1, 0.15) is 37.7 Å². The van der Waals surface area contributed by atoms with Gasteiger partial charge in [0, 0.05) is 37.9 Å². The molecule has 1 aromatic rings. The van der Waals surface area contributed by atoms with E-state index in [0.29, 0.717) is 25.6 Å². The highest BCUT2D eigenvalue weighted by Crippen LogP contribution is 2.29. The average molecular weight is 301 g/mol. The fourth-order valence-electron chi connectivity index (χ4n) is 3.50. The molecular weight excluding hydrogens is 278 g/mol. The third-order valence-corrected chi connectivity index (χ3v) is 4.76. The Morgan fingerprint density at radius 1 is 1.27 bits per heavy atom. The average Bonchev–Trinajstić information content (AvgIpc) is 3.17. The van der Waals surface area contributed by atoms with Gasteiger partial charge in [-0.25, -0.2) is 0 Å². The van der Waals surface area contributed by atoms with Crippen LogP contribution < -0.4 is 5.32 Å². The molecule has 2 heterocycles. The molecule has 1 saturated carbocycles. The topological polar surface area (TPSA) is 62.3 Å². The van der Waals surface area contributed by atoms with Gasteiger partial charge in [0.1, 0.15) is 0 Å². The van der Waals surface area contributed by atoms with Gasteiger partial charge in [0.15, 0.2) is 0 Å². The number of likely N-dealkylation sites (tertiary alicyclic amines) is 1. The van der Waals surface area contributed by atoms with E-state index in [2.05, 4.69) is 10.3 Å². The van der Waals surface area contributed by atoms with Gasteiger partial charge in [0.05, 0.1) is 5.92 Å². The summed E-state index contributed by atoms with van der Waals surface area (Å²) in [7, 11) is 0. The minimum atomic E-state index is -0.175. The van der Waals surface area contributed by atoms with Crippen molar-refractivity contribution in [2.75, 3.05) is 13.1 Å². The summed E-state index contributed by atoms with van der Waals surface area (Å²) in [6, 6.07) is 4.28. The van der Waals surface area contributed by atoms with Crippen molar-refractivity contribution in [2.24, 2.45) is 5.92 Å². The van der Waals surface area contributed by atoms with Crippen molar-refractivity contribution in [2.45, 2.75) is 44.6 Å². The van der Waals surface area contributed by atoms with Crippen LogP contribution >= 0.6 is 0 Å². The number of hydrogen-bond acceptors (Lipinski definition) is 3. The van der Waals surface area contributed by atoms with Crippen LogP contribution in [0.2, 0.25) is 0 Å². The molecule has 1 N–H and O–H groups in total. The Balaban J connectivity index is 1.45. The Morgan fingerprint density at radius 3 is 2.73 bits per heavy atom. The Kier molecular flexibility index (Phi) is 4.71. The molecule has 1 aromatic heterocycles. The van der Waals surface area contributed by atoms with E-state index in [-0.39, 0.29) is 17.7 Å². The van der Waals surface area contributed by atoms with Crippen molar-refractivity contribution in [1.29, 1.82) is 0 Å². The van der Waals surface area contributed by atoms with Crippen LogP contribution in [0.15, 0.2) is 24.5 Å². The lowest BCUT2D eigenvalue weighted by atomic mass is 10.1.